The van der Waals surface area contributed by atoms with Crippen molar-refractivity contribution in [3.8, 4) is 0 Å². The number of hydrogen-bond acceptors (Lipinski definition) is 3. The molecule has 1 aliphatic rings. The van der Waals surface area contributed by atoms with Gasteiger partial charge in [-0.25, -0.2) is 0 Å². The van der Waals surface area contributed by atoms with Crippen molar-refractivity contribution in [2.45, 2.75) is 39.2 Å². The van der Waals surface area contributed by atoms with E-state index in [9.17, 15) is 4.79 Å². The molecule has 1 N–H and O–H groups in total. The van der Waals surface area contributed by atoms with Crippen LogP contribution in [0.2, 0.25) is 0 Å². The van der Waals surface area contributed by atoms with Crippen LogP contribution in [0.5, 0.6) is 0 Å². The SMILES string of the molecule is CC(C)OCCCNC(=O)C1CCN(C)CC1. The highest BCUT2D eigenvalue weighted by atomic mass is 16.5. The first-order valence-electron chi connectivity index (χ1n) is 6.67. The van der Waals surface area contributed by atoms with Gasteiger partial charge in [0, 0.05) is 19.1 Å². The molecule has 0 atom stereocenters. The van der Waals surface area contributed by atoms with Gasteiger partial charge in [0.1, 0.15) is 0 Å². The van der Waals surface area contributed by atoms with E-state index in [0.29, 0.717) is 0 Å². The Balaban J connectivity index is 2.05. The van der Waals surface area contributed by atoms with Crippen molar-refractivity contribution in [1.82, 2.24) is 10.2 Å². The predicted molar refractivity (Wildman–Crippen MR) is 68.9 cm³/mol. The molecule has 4 nitrogen and oxygen atoms in total. The molecule has 0 aliphatic carbocycles. The average Bonchev–Trinajstić information content (AvgIpc) is 2.29. The Hall–Kier alpha value is -0.610. The molecule has 0 unspecified atom stereocenters. The zero-order valence-electron chi connectivity index (χ0n) is 11.4. The quantitative estimate of drug-likeness (QED) is 0.713. The fourth-order valence-electron chi connectivity index (χ4n) is 2.02. The van der Waals surface area contributed by atoms with Gasteiger partial charge in [0.05, 0.1) is 6.10 Å². The predicted octanol–water partition coefficient (Wildman–Crippen LogP) is 1.26. The summed E-state index contributed by atoms with van der Waals surface area (Å²) in [6.07, 6.45) is 3.16. The number of carbonyl (C=O) groups is 1. The smallest absolute Gasteiger partial charge is 0.223 e. The third-order valence-electron chi connectivity index (χ3n) is 3.16. The minimum Gasteiger partial charge on any atom is -0.379 e. The zero-order chi connectivity index (χ0) is 12.7. The van der Waals surface area contributed by atoms with Crippen LogP contribution in [-0.2, 0) is 9.53 Å². The summed E-state index contributed by atoms with van der Waals surface area (Å²) >= 11 is 0. The van der Waals surface area contributed by atoms with Crippen LogP contribution in [-0.4, -0.2) is 50.2 Å². The molecule has 1 heterocycles. The molecule has 1 aliphatic heterocycles. The Morgan fingerprint density at radius 3 is 2.65 bits per heavy atom. The molecule has 0 saturated carbocycles. The summed E-state index contributed by atoms with van der Waals surface area (Å²) in [6.45, 7) is 7.58. The van der Waals surface area contributed by atoms with Gasteiger partial charge in [-0.1, -0.05) is 0 Å². The Kier molecular flexibility index (Phi) is 6.52. The summed E-state index contributed by atoms with van der Waals surface area (Å²) in [7, 11) is 2.11. The van der Waals surface area contributed by atoms with Gasteiger partial charge in [0.2, 0.25) is 5.91 Å². The average molecular weight is 242 g/mol. The maximum absolute atomic E-state index is 11.8. The third kappa shape index (κ3) is 6.03. The normalized spacial score (nSPS) is 18.6. The number of ether oxygens (including phenoxy) is 1. The molecule has 1 fully saturated rings. The van der Waals surface area contributed by atoms with E-state index < -0.39 is 0 Å². The summed E-state index contributed by atoms with van der Waals surface area (Å²) in [6, 6.07) is 0. The van der Waals surface area contributed by atoms with Crippen molar-refractivity contribution in [3.63, 3.8) is 0 Å². The van der Waals surface area contributed by atoms with Crippen LogP contribution in [0.4, 0.5) is 0 Å². The van der Waals surface area contributed by atoms with E-state index >= 15 is 0 Å². The summed E-state index contributed by atoms with van der Waals surface area (Å²) < 4.78 is 5.43. The van der Waals surface area contributed by atoms with E-state index in [4.69, 9.17) is 4.74 Å². The highest BCUT2D eigenvalue weighted by Crippen LogP contribution is 2.15. The summed E-state index contributed by atoms with van der Waals surface area (Å²) in [4.78, 5) is 14.1. The molecule has 0 aromatic rings. The molecule has 0 spiro atoms. The highest BCUT2D eigenvalue weighted by Gasteiger charge is 2.22. The van der Waals surface area contributed by atoms with E-state index in [0.717, 1.165) is 45.5 Å². The second-order valence-electron chi connectivity index (χ2n) is 5.14. The van der Waals surface area contributed by atoms with Gasteiger partial charge in [-0.3, -0.25) is 4.79 Å². The van der Waals surface area contributed by atoms with Crippen LogP contribution in [0.3, 0.4) is 0 Å². The molecular weight excluding hydrogens is 216 g/mol. The molecule has 0 aromatic heterocycles. The van der Waals surface area contributed by atoms with Crippen molar-refractivity contribution >= 4 is 5.91 Å². The van der Waals surface area contributed by atoms with Gasteiger partial charge in [-0.05, 0) is 53.2 Å². The molecule has 0 aromatic carbocycles. The van der Waals surface area contributed by atoms with Crippen molar-refractivity contribution in [2.75, 3.05) is 33.3 Å². The van der Waals surface area contributed by atoms with Crippen LogP contribution in [0.15, 0.2) is 0 Å². The first-order valence-corrected chi connectivity index (χ1v) is 6.67. The first-order chi connectivity index (χ1) is 8.09. The minimum atomic E-state index is 0.220. The van der Waals surface area contributed by atoms with E-state index in [1.807, 2.05) is 13.8 Å². The van der Waals surface area contributed by atoms with Gasteiger partial charge in [-0.15, -0.1) is 0 Å². The topological polar surface area (TPSA) is 41.6 Å². The van der Waals surface area contributed by atoms with Gasteiger partial charge < -0.3 is 15.0 Å². The van der Waals surface area contributed by atoms with Crippen molar-refractivity contribution in [1.29, 1.82) is 0 Å². The first kappa shape index (κ1) is 14.5. The summed E-state index contributed by atoms with van der Waals surface area (Å²) in [5, 5.41) is 3.00. The lowest BCUT2D eigenvalue weighted by molar-refractivity contribution is -0.126. The lowest BCUT2D eigenvalue weighted by Gasteiger charge is -2.28. The Bertz CT molecular complexity index is 223. The molecule has 1 rings (SSSR count). The van der Waals surface area contributed by atoms with Gasteiger partial charge in [0.25, 0.3) is 0 Å². The summed E-state index contributed by atoms with van der Waals surface area (Å²) in [5.74, 6) is 0.444. The number of nitrogens with one attached hydrogen (secondary N) is 1. The zero-order valence-corrected chi connectivity index (χ0v) is 11.4. The maximum atomic E-state index is 11.8. The molecule has 1 amide bonds. The molecular formula is C13H26N2O2. The minimum absolute atomic E-state index is 0.220. The van der Waals surface area contributed by atoms with Gasteiger partial charge >= 0.3 is 0 Å². The van der Waals surface area contributed by atoms with Crippen LogP contribution in [0.1, 0.15) is 33.1 Å². The lowest BCUT2D eigenvalue weighted by Crippen LogP contribution is -2.39. The molecule has 0 bridgehead atoms. The second kappa shape index (κ2) is 7.67. The molecule has 17 heavy (non-hydrogen) atoms. The van der Waals surface area contributed by atoms with Crippen LogP contribution in [0, 0.1) is 5.92 Å². The molecule has 4 heteroatoms. The second-order valence-corrected chi connectivity index (χ2v) is 5.14. The molecule has 100 valence electrons. The van der Waals surface area contributed by atoms with Gasteiger partial charge in [-0.2, -0.15) is 0 Å². The Morgan fingerprint density at radius 1 is 1.41 bits per heavy atom. The van der Waals surface area contributed by atoms with Crippen LogP contribution < -0.4 is 5.32 Å². The maximum Gasteiger partial charge on any atom is 0.223 e. The monoisotopic (exact) mass is 242 g/mol. The number of nitrogens with zero attached hydrogens (tertiary/aromatic N) is 1. The van der Waals surface area contributed by atoms with Gasteiger partial charge in [0.15, 0.2) is 0 Å². The Labute approximate surface area is 105 Å². The fraction of sp³-hybridized carbons (Fsp3) is 0.923. The fourth-order valence-corrected chi connectivity index (χ4v) is 2.02. The number of amides is 1. The lowest BCUT2D eigenvalue weighted by atomic mass is 9.96. The van der Waals surface area contributed by atoms with Crippen molar-refractivity contribution in [3.05, 3.63) is 0 Å². The van der Waals surface area contributed by atoms with Crippen molar-refractivity contribution < 1.29 is 9.53 Å². The van der Waals surface area contributed by atoms with E-state index in [1.165, 1.54) is 0 Å². The number of rotatable bonds is 6. The highest BCUT2D eigenvalue weighted by molar-refractivity contribution is 5.78. The van der Waals surface area contributed by atoms with Crippen molar-refractivity contribution in [2.24, 2.45) is 5.92 Å². The standard InChI is InChI=1S/C13H26N2O2/c1-11(2)17-10-4-7-14-13(16)12-5-8-15(3)9-6-12/h11-12H,4-10H2,1-3H3,(H,14,16). The molecule has 0 radical (unpaired) electrons. The number of likely N-dealkylation sites (tertiary alicyclic amines) is 1. The number of piperidine rings is 1. The number of carbonyl (C=O) groups excluding carboxylic acids is 1. The summed E-state index contributed by atoms with van der Waals surface area (Å²) in [5.41, 5.74) is 0. The molecule has 1 saturated heterocycles. The van der Waals surface area contributed by atoms with E-state index in [1.54, 1.807) is 0 Å². The van der Waals surface area contributed by atoms with Crippen LogP contribution >= 0.6 is 0 Å². The Morgan fingerprint density at radius 2 is 2.06 bits per heavy atom. The third-order valence-corrected chi connectivity index (χ3v) is 3.16. The number of hydrogen-bond donors (Lipinski definition) is 1. The van der Waals surface area contributed by atoms with E-state index in [2.05, 4.69) is 17.3 Å². The van der Waals surface area contributed by atoms with E-state index in [-0.39, 0.29) is 17.9 Å². The largest absolute Gasteiger partial charge is 0.379 e. The van der Waals surface area contributed by atoms with Crippen LogP contribution in [0.25, 0.3) is 0 Å².